The van der Waals surface area contributed by atoms with Crippen LogP contribution in [0.25, 0.3) is 0 Å². The highest BCUT2D eigenvalue weighted by atomic mass is 16.7. The number of aliphatic hydroxyl groups excluding tert-OH is 7. The molecule has 2 saturated heterocycles. The predicted molar refractivity (Wildman–Crippen MR) is 67.2 cm³/mol. The molecule has 0 aliphatic carbocycles. The van der Waals surface area contributed by atoms with Gasteiger partial charge < -0.3 is 50.0 Å². The van der Waals surface area contributed by atoms with Crippen LogP contribution in [0.4, 0.5) is 0 Å². The van der Waals surface area contributed by atoms with Crippen LogP contribution in [0, 0.1) is 0 Å². The van der Waals surface area contributed by atoms with Crippen LogP contribution in [0.2, 0.25) is 0 Å². The molecule has 0 aromatic rings. The van der Waals surface area contributed by atoms with E-state index >= 15 is 0 Å². The van der Waals surface area contributed by atoms with Crippen molar-refractivity contribution in [1.82, 2.24) is 0 Å². The van der Waals surface area contributed by atoms with Gasteiger partial charge in [0.2, 0.25) is 0 Å². The first-order valence-corrected chi connectivity index (χ1v) is 6.93. The van der Waals surface area contributed by atoms with Crippen molar-refractivity contribution in [2.24, 2.45) is 0 Å². The van der Waals surface area contributed by atoms with Gasteiger partial charge in [0.25, 0.3) is 0 Å². The second kappa shape index (κ2) is 7.01. The number of ether oxygens (including phenoxy) is 3. The van der Waals surface area contributed by atoms with Crippen LogP contribution in [0.3, 0.4) is 0 Å². The molecule has 10 nitrogen and oxygen atoms in total. The Balaban J connectivity index is 2.10. The average Bonchev–Trinajstić information content (AvgIpc) is 2.50. The number of aliphatic hydroxyl groups is 7. The molecule has 2 fully saturated rings. The van der Waals surface area contributed by atoms with Crippen molar-refractivity contribution < 1.29 is 50.0 Å². The Kier molecular flexibility index (Phi) is 5.72. The van der Waals surface area contributed by atoms with E-state index in [9.17, 15) is 35.7 Å². The fraction of sp³-hybridized carbons (Fsp3) is 1.00. The third-order valence-electron chi connectivity index (χ3n) is 3.94. The Labute approximate surface area is 126 Å². The van der Waals surface area contributed by atoms with Gasteiger partial charge >= 0.3 is 0 Å². The highest BCUT2D eigenvalue weighted by molar-refractivity contribution is 4.93. The molecule has 0 amide bonds. The summed E-state index contributed by atoms with van der Waals surface area (Å²) in [7, 11) is 0. The maximum absolute atomic E-state index is 9.93. The molecule has 22 heavy (non-hydrogen) atoms. The van der Waals surface area contributed by atoms with E-state index in [1.54, 1.807) is 0 Å². The van der Waals surface area contributed by atoms with Crippen molar-refractivity contribution in [3.05, 3.63) is 0 Å². The molecule has 0 bridgehead atoms. The van der Waals surface area contributed by atoms with Gasteiger partial charge in [0.05, 0.1) is 12.7 Å². The highest BCUT2D eigenvalue weighted by Gasteiger charge is 2.49. The lowest BCUT2D eigenvalue weighted by Crippen LogP contribution is -2.63. The van der Waals surface area contributed by atoms with Crippen molar-refractivity contribution in [3.63, 3.8) is 0 Å². The summed E-state index contributed by atoms with van der Waals surface area (Å²) >= 11 is 0. The van der Waals surface area contributed by atoms with E-state index in [-0.39, 0.29) is 0 Å². The fourth-order valence-electron chi connectivity index (χ4n) is 2.52. The molecular weight excluding hydrogens is 304 g/mol. The zero-order valence-corrected chi connectivity index (χ0v) is 11.8. The van der Waals surface area contributed by atoms with Gasteiger partial charge in [0.1, 0.15) is 42.7 Å². The van der Waals surface area contributed by atoms with E-state index in [1.807, 2.05) is 0 Å². The topological polar surface area (TPSA) is 169 Å². The SMILES string of the molecule is C[C@@H]1O[C@H](O[C@@H]2[C@H](O)[C@@H](O)[C@H](O)O[C@@H]2CO)[C@@H](O)[C@H](O)[C@@H]1O. The summed E-state index contributed by atoms with van der Waals surface area (Å²) in [6, 6.07) is 0. The molecule has 0 radical (unpaired) electrons. The first kappa shape index (κ1) is 17.9. The van der Waals surface area contributed by atoms with Crippen molar-refractivity contribution >= 4 is 0 Å². The van der Waals surface area contributed by atoms with E-state index in [2.05, 4.69) is 0 Å². The van der Waals surface area contributed by atoms with Crippen molar-refractivity contribution in [2.75, 3.05) is 6.61 Å². The minimum atomic E-state index is -1.70. The maximum Gasteiger partial charge on any atom is 0.187 e. The van der Waals surface area contributed by atoms with Gasteiger partial charge in [0.15, 0.2) is 12.6 Å². The normalized spacial score (nSPS) is 53.5. The van der Waals surface area contributed by atoms with Gasteiger partial charge in [-0.3, -0.25) is 0 Å². The summed E-state index contributed by atoms with van der Waals surface area (Å²) in [6.45, 7) is 0.821. The van der Waals surface area contributed by atoms with E-state index in [4.69, 9.17) is 14.2 Å². The summed E-state index contributed by atoms with van der Waals surface area (Å²) in [4.78, 5) is 0. The molecule has 10 heteroatoms. The van der Waals surface area contributed by atoms with Crippen molar-refractivity contribution in [3.8, 4) is 0 Å². The molecule has 0 spiro atoms. The minimum Gasteiger partial charge on any atom is -0.394 e. The van der Waals surface area contributed by atoms with Crippen LogP contribution in [-0.4, -0.2) is 104 Å². The van der Waals surface area contributed by atoms with Gasteiger partial charge in [-0.2, -0.15) is 0 Å². The quantitative estimate of drug-likeness (QED) is 0.269. The maximum atomic E-state index is 9.93. The Bertz CT molecular complexity index is 366. The molecule has 10 atom stereocenters. The molecule has 0 saturated carbocycles. The molecular formula is C12H22O10. The molecule has 7 N–H and O–H groups in total. The van der Waals surface area contributed by atoms with Crippen LogP contribution < -0.4 is 0 Å². The molecule has 0 unspecified atom stereocenters. The van der Waals surface area contributed by atoms with Crippen LogP contribution >= 0.6 is 0 Å². The minimum absolute atomic E-state index is 0.630. The summed E-state index contributed by atoms with van der Waals surface area (Å²) in [5.74, 6) is 0. The third-order valence-corrected chi connectivity index (χ3v) is 3.94. The molecule has 2 heterocycles. The van der Waals surface area contributed by atoms with Crippen LogP contribution in [-0.2, 0) is 14.2 Å². The lowest BCUT2D eigenvalue weighted by atomic mass is 9.97. The Morgan fingerprint density at radius 1 is 0.818 bits per heavy atom. The smallest absolute Gasteiger partial charge is 0.187 e. The van der Waals surface area contributed by atoms with Gasteiger partial charge in [0, 0.05) is 0 Å². The second-order valence-electron chi connectivity index (χ2n) is 5.51. The Hall–Kier alpha value is -0.400. The monoisotopic (exact) mass is 326 g/mol. The van der Waals surface area contributed by atoms with E-state index in [0.717, 1.165) is 0 Å². The second-order valence-corrected chi connectivity index (χ2v) is 5.51. The van der Waals surface area contributed by atoms with Crippen LogP contribution in [0.1, 0.15) is 6.92 Å². The van der Waals surface area contributed by atoms with Gasteiger partial charge in [-0.25, -0.2) is 0 Å². The Morgan fingerprint density at radius 3 is 2.05 bits per heavy atom. The zero-order chi connectivity index (χ0) is 16.6. The summed E-state index contributed by atoms with van der Waals surface area (Å²) in [5, 5.41) is 67.3. The molecule has 2 aliphatic rings. The van der Waals surface area contributed by atoms with Crippen molar-refractivity contribution in [2.45, 2.75) is 68.3 Å². The zero-order valence-electron chi connectivity index (χ0n) is 11.8. The van der Waals surface area contributed by atoms with Crippen LogP contribution in [0.15, 0.2) is 0 Å². The van der Waals surface area contributed by atoms with Gasteiger partial charge in [-0.05, 0) is 6.92 Å². The standard InChI is InChI=1S/C12H22O10/c1-3-5(14)6(15)9(18)12(20-3)22-10-4(2-13)21-11(19)8(17)7(10)16/h3-19H,2H2,1H3/t3-,4+,5+,6+,7+,8+,9-,10-,11+,12+/m0/s1. The average molecular weight is 326 g/mol. The molecule has 0 aromatic heterocycles. The fourth-order valence-corrected chi connectivity index (χ4v) is 2.52. The van der Waals surface area contributed by atoms with E-state index < -0.39 is 68.0 Å². The highest BCUT2D eigenvalue weighted by Crippen LogP contribution is 2.28. The van der Waals surface area contributed by atoms with E-state index in [0.29, 0.717) is 0 Å². The first-order chi connectivity index (χ1) is 10.3. The first-order valence-electron chi connectivity index (χ1n) is 6.93. The molecule has 0 aromatic carbocycles. The van der Waals surface area contributed by atoms with Gasteiger partial charge in [-0.1, -0.05) is 0 Å². The number of rotatable bonds is 3. The van der Waals surface area contributed by atoms with Gasteiger partial charge in [-0.15, -0.1) is 0 Å². The summed E-state index contributed by atoms with van der Waals surface area (Å²) < 4.78 is 15.4. The predicted octanol–water partition coefficient (Wildman–Crippen LogP) is -4.37. The summed E-state index contributed by atoms with van der Waals surface area (Å²) in [5.41, 5.74) is 0. The molecule has 2 rings (SSSR count). The number of hydrogen-bond acceptors (Lipinski definition) is 10. The third kappa shape index (κ3) is 3.26. The molecule has 2 aliphatic heterocycles. The largest absolute Gasteiger partial charge is 0.394 e. The summed E-state index contributed by atoms with van der Waals surface area (Å²) in [6.07, 6.45) is -14.2. The van der Waals surface area contributed by atoms with Crippen LogP contribution in [0.5, 0.6) is 0 Å². The lowest BCUT2D eigenvalue weighted by molar-refractivity contribution is -0.352. The Morgan fingerprint density at radius 2 is 1.45 bits per heavy atom. The molecule has 130 valence electrons. The number of hydrogen-bond donors (Lipinski definition) is 7. The van der Waals surface area contributed by atoms with E-state index in [1.165, 1.54) is 6.92 Å². The lowest BCUT2D eigenvalue weighted by Gasteiger charge is -2.44. The van der Waals surface area contributed by atoms with Crippen molar-refractivity contribution in [1.29, 1.82) is 0 Å².